The van der Waals surface area contributed by atoms with Gasteiger partial charge in [0.1, 0.15) is 22.8 Å². The lowest BCUT2D eigenvalue weighted by molar-refractivity contribution is -0.138. The molecule has 2 saturated heterocycles. The molecule has 4 aliphatic rings. The van der Waals surface area contributed by atoms with E-state index in [2.05, 4.69) is 33.9 Å². The number of rotatable bonds is 11. The first-order valence-corrected chi connectivity index (χ1v) is 19.7. The monoisotopic (exact) mass is 734 g/mol. The Labute approximate surface area is 315 Å². The van der Waals surface area contributed by atoms with Crippen LogP contribution in [0.1, 0.15) is 118 Å². The lowest BCUT2D eigenvalue weighted by Gasteiger charge is -2.36. The number of pyridine rings is 2. The summed E-state index contributed by atoms with van der Waals surface area (Å²) in [5.74, 6) is 1.68. The average molecular weight is 735 g/mol. The van der Waals surface area contributed by atoms with Gasteiger partial charge in [0.2, 0.25) is 5.91 Å². The topological polar surface area (TPSA) is 136 Å². The Hall–Kier alpha value is -4.97. The van der Waals surface area contributed by atoms with Crippen LogP contribution in [-0.2, 0) is 9.59 Å². The average Bonchev–Trinajstić information content (AvgIpc) is 3.92. The van der Waals surface area contributed by atoms with Crippen molar-refractivity contribution in [3.8, 4) is 11.5 Å². The number of ether oxygens (including phenoxy) is 2. The van der Waals surface area contributed by atoms with Gasteiger partial charge in [0, 0.05) is 56.0 Å². The highest BCUT2D eigenvalue weighted by molar-refractivity contribution is 6.06. The van der Waals surface area contributed by atoms with Crippen molar-refractivity contribution in [2.24, 2.45) is 5.92 Å². The van der Waals surface area contributed by atoms with Crippen LogP contribution in [0.4, 0.5) is 5.69 Å². The van der Waals surface area contributed by atoms with Gasteiger partial charge in [-0.3, -0.25) is 24.5 Å². The molecule has 12 nitrogen and oxygen atoms in total. The van der Waals surface area contributed by atoms with E-state index >= 15 is 0 Å². The predicted molar refractivity (Wildman–Crippen MR) is 204 cm³/mol. The Bertz CT molecular complexity index is 2070. The maximum absolute atomic E-state index is 13.6. The minimum absolute atomic E-state index is 0.140. The highest BCUT2D eigenvalue weighted by Gasteiger charge is 2.30. The van der Waals surface area contributed by atoms with E-state index in [9.17, 15) is 19.2 Å². The van der Waals surface area contributed by atoms with Crippen molar-refractivity contribution in [1.82, 2.24) is 24.2 Å². The first kappa shape index (κ1) is 36.0. The van der Waals surface area contributed by atoms with Crippen LogP contribution < -0.4 is 25.7 Å². The summed E-state index contributed by atoms with van der Waals surface area (Å²) in [7, 11) is 0. The minimum Gasteiger partial charge on any atom is -0.490 e. The lowest BCUT2D eigenvalue weighted by Crippen LogP contribution is -2.46. The van der Waals surface area contributed by atoms with Gasteiger partial charge in [-0.1, -0.05) is 12.1 Å². The summed E-state index contributed by atoms with van der Waals surface area (Å²) >= 11 is 0. The van der Waals surface area contributed by atoms with Crippen molar-refractivity contribution in [3.05, 3.63) is 88.2 Å². The zero-order valence-corrected chi connectivity index (χ0v) is 31.2. The first-order chi connectivity index (χ1) is 26.2. The second-order valence-electron chi connectivity index (χ2n) is 15.9. The van der Waals surface area contributed by atoms with Crippen LogP contribution in [0, 0.1) is 5.92 Å². The number of imide groups is 1. The van der Waals surface area contributed by atoms with E-state index in [1.54, 1.807) is 29.1 Å². The summed E-state index contributed by atoms with van der Waals surface area (Å²) in [5.41, 5.74) is 3.55. The van der Waals surface area contributed by atoms with Crippen LogP contribution in [0.2, 0.25) is 0 Å². The normalized spacial score (nSPS) is 22.7. The summed E-state index contributed by atoms with van der Waals surface area (Å²) in [5, 5.41) is 5.20. The zero-order chi connectivity index (χ0) is 37.3. The van der Waals surface area contributed by atoms with Gasteiger partial charge in [-0.25, -0.2) is 4.98 Å². The molecule has 0 spiro atoms. The molecule has 1 aromatic carbocycles. The Morgan fingerprint density at radius 1 is 0.926 bits per heavy atom. The molecule has 2 aliphatic carbocycles. The summed E-state index contributed by atoms with van der Waals surface area (Å²) in [6.45, 7) is 7.16. The Morgan fingerprint density at radius 2 is 1.69 bits per heavy atom. The lowest BCUT2D eigenvalue weighted by atomic mass is 9.80. The van der Waals surface area contributed by atoms with Gasteiger partial charge in [0.15, 0.2) is 6.10 Å². The van der Waals surface area contributed by atoms with E-state index in [1.807, 2.05) is 36.4 Å². The van der Waals surface area contributed by atoms with Crippen molar-refractivity contribution >= 4 is 29.1 Å². The number of piperidine rings is 2. The maximum Gasteiger partial charge on any atom is 0.274 e. The summed E-state index contributed by atoms with van der Waals surface area (Å²) in [4.78, 5) is 57.7. The second-order valence-corrected chi connectivity index (χ2v) is 15.9. The highest BCUT2D eigenvalue weighted by Crippen LogP contribution is 2.38. The fourth-order valence-electron chi connectivity index (χ4n) is 8.41. The van der Waals surface area contributed by atoms with E-state index < -0.39 is 6.10 Å². The fraction of sp³-hybridized carbons (Fsp3) is 0.500. The molecular formula is C42H50N6O6. The summed E-state index contributed by atoms with van der Waals surface area (Å²) in [6, 6.07) is 13.6. The quantitative estimate of drug-likeness (QED) is 0.174. The Kier molecular flexibility index (Phi) is 10.3. The number of nitrogens with zero attached hydrogens (tertiary/aromatic N) is 4. The van der Waals surface area contributed by atoms with Crippen LogP contribution in [0.15, 0.2) is 65.8 Å². The molecule has 54 heavy (non-hydrogen) atoms. The molecule has 4 aromatic rings. The van der Waals surface area contributed by atoms with Crippen LogP contribution >= 0.6 is 0 Å². The number of benzene rings is 1. The molecular weight excluding hydrogens is 684 g/mol. The maximum atomic E-state index is 13.6. The number of hydrogen-bond acceptors (Lipinski definition) is 8. The van der Waals surface area contributed by atoms with Gasteiger partial charge in [0.05, 0.1) is 17.4 Å². The molecule has 1 atom stereocenters. The number of aromatic nitrogens is 3. The fourth-order valence-corrected chi connectivity index (χ4v) is 8.41. The van der Waals surface area contributed by atoms with E-state index in [-0.39, 0.29) is 41.1 Å². The van der Waals surface area contributed by atoms with Crippen LogP contribution in [0.5, 0.6) is 11.5 Å². The van der Waals surface area contributed by atoms with Gasteiger partial charge in [-0.05, 0) is 120 Å². The number of hydrogen-bond donors (Lipinski definition) is 2. The molecule has 0 bridgehead atoms. The van der Waals surface area contributed by atoms with Gasteiger partial charge >= 0.3 is 0 Å². The highest BCUT2D eigenvalue weighted by atomic mass is 16.5. The molecule has 5 heterocycles. The molecule has 2 saturated carbocycles. The van der Waals surface area contributed by atoms with E-state index in [0.717, 1.165) is 82.3 Å². The molecule has 12 heteroatoms. The largest absolute Gasteiger partial charge is 0.490 e. The first-order valence-electron chi connectivity index (χ1n) is 19.7. The number of fused-ring (bicyclic) bond motifs is 1. The summed E-state index contributed by atoms with van der Waals surface area (Å²) < 4.78 is 15.6. The van der Waals surface area contributed by atoms with Gasteiger partial charge < -0.3 is 28.7 Å². The SMILES string of the molecule is CC(C)Oc1cc2nc([C@H]3CC[C@H](CN4CCC(c5ccc(OC6CCC(=O)NC6=O)cc5)CC4)CC3)cn2cc1C(=O)Nc1cccn(C2CC2)c1=O. The van der Waals surface area contributed by atoms with Crippen molar-refractivity contribution in [2.75, 3.05) is 25.0 Å². The number of carbonyl (C=O) groups excluding carboxylic acids is 3. The number of nitrogens with one attached hydrogen (secondary N) is 2. The third kappa shape index (κ3) is 8.08. The predicted octanol–water partition coefficient (Wildman–Crippen LogP) is 6.21. The molecule has 8 rings (SSSR count). The van der Waals surface area contributed by atoms with E-state index in [4.69, 9.17) is 14.5 Å². The Morgan fingerprint density at radius 3 is 2.39 bits per heavy atom. The molecule has 3 aromatic heterocycles. The smallest absolute Gasteiger partial charge is 0.274 e. The van der Waals surface area contributed by atoms with Crippen molar-refractivity contribution in [3.63, 3.8) is 0 Å². The minimum atomic E-state index is -0.618. The van der Waals surface area contributed by atoms with Crippen molar-refractivity contribution < 1.29 is 23.9 Å². The Balaban J connectivity index is 0.842. The molecule has 0 radical (unpaired) electrons. The number of amides is 3. The van der Waals surface area contributed by atoms with Crippen LogP contribution in [0.3, 0.4) is 0 Å². The second kappa shape index (κ2) is 15.4. The van der Waals surface area contributed by atoms with Crippen LogP contribution in [-0.4, -0.2) is 68.4 Å². The summed E-state index contributed by atoms with van der Waals surface area (Å²) in [6.07, 6.45) is 14.3. The molecule has 2 aliphatic heterocycles. The third-order valence-corrected chi connectivity index (χ3v) is 11.5. The molecule has 1 unspecified atom stereocenters. The van der Waals surface area contributed by atoms with Crippen LogP contribution in [0.25, 0.3) is 5.65 Å². The number of likely N-dealkylation sites (tertiary alicyclic amines) is 1. The van der Waals surface area contributed by atoms with E-state index in [0.29, 0.717) is 47.7 Å². The molecule has 4 fully saturated rings. The molecule has 3 amide bonds. The van der Waals surface area contributed by atoms with Gasteiger partial charge in [-0.2, -0.15) is 0 Å². The number of imidazole rings is 1. The van der Waals surface area contributed by atoms with Crippen molar-refractivity contribution in [2.45, 2.75) is 108 Å². The molecule has 284 valence electrons. The number of anilines is 1. The molecule has 2 N–H and O–H groups in total. The number of carbonyl (C=O) groups is 3. The standard InChI is InChI=1S/C42H50N6O6/c1-26(2)53-37-22-38-43-35(25-47(38)24-33(37)40(50)44-34-4-3-19-48(42(34)52)31-11-12-31)30-7-5-27(6-8-30)23-46-20-17-29(18-21-46)28-9-13-32(14-10-28)54-36-15-16-39(49)45-41(36)51/h3-4,9-10,13-14,19,22,24-27,29-31,36H,5-8,11-12,15-18,20-21,23H2,1-2H3,(H,44,50)(H,45,49,51)/t27-,30-,36?. The third-order valence-electron chi connectivity index (χ3n) is 11.5. The van der Waals surface area contributed by atoms with Crippen molar-refractivity contribution in [1.29, 1.82) is 0 Å². The van der Waals surface area contributed by atoms with Gasteiger partial charge in [-0.15, -0.1) is 0 Å². The zero-order valence-electron chi connectivity index (χ0n) is 31.2. The van der Waals surface area contributed by atoms with Gasteiger partial charge in [0.25, 0.3) is 17.4 Å². The van der Waals surface area contributed by atoms with E-state index in [1.165, 1.54) is 5.56 Å².